The molecule has 0 bridgehead atoms. The fourth-order valence-corrected chi connectivity index (χ4v) is 3.48. The van der Waals surface area contributed by atoms with E-state index in [4.69, 9.17) is 23.2 Å². The molecule has 1 aliphatic carbocycles. The van der Waals surface area contributed by atoms with Gasteiger partial charge in [-0.25, -0.2) is 0 Å². The van der Waals surface area contributed by atoms with Crippen LogP contribution in [0.2, 0.25) is 10.0 Å². The lowest BCUT2D eigenvalue weighted by molar-refractivity contribution is 0.262. The Kier molecular flexibility index (Phi) is 6.00. The molecule has 0 spiro atoms. The molecule has 0 unspecified atom stereocenters. The van der Waals surface area contributed by atoms with E-state index in [1.807, 2.05) is 18.2 Å². The van der Waals surface area contributed by atoms with E-state index < -0.39 is 0 Å². The molecule has 3 heteroatoms. The first-order valence-corrected chi connectivity index (χ1v) is 8.10. The molecule has 1 fully saturated rings. The van der Waals surface area contributed by atoms with Gasteiger partial charge in [-0.05, 0) is 43.4 Å². The highest BCUT2D eigenvalue weighted by Gasteiger charge is 2.19. The van der Waals surface area contributed by atoms with Crippen molar-refractivity contribution in [2.45, 2.75) is 45.6 Å². The molecule has 0 aromatic heterocycles. The summed E-state index contributed by atoms with van der Waals surface area (Å²) in [6.45, 7) is 4.16. The molecule has 1 N–H and O–H groups in total. The minimum Gasteiger partial charge on any atom is -0.312 e. The molecule has 0 heterocycles. The maximum Gasteiger partial charge on any atom is 0.0465 e. The zero-order valence-electron chi connectivity index (χ0n) is 11.6. The number of hydrogen-bond acceptors (Lipinski definition) is 1. The molecular weight excluding hydrogens is 277 g/mol. The van der Waals surface area contributed by atoms with Crippen molar-refractivity contribution >= 4 is 23.2 Å². The Bertz CT molecular complexity index is 377. The van der Waals surface area contributed by atoms with Crippen LogP contribution in [0.5, 0.6) is 0 Å². The average Bonchev–Trinajstić information content (AvgIpc) is 2.43. The molecule has 1 nitrogen and oxygen atoms in total. The largest absolute Gasteiger partial charge is 0.312 e. The topological polar surface area (TPSA) is 12.0 Å². The smallest absolute Gasteiger partial charge is 0.0465 e. The van der Waals surface area contributed by atoms with Crippen LogP contribution in [0.25, 0.3) is 0 Å². The summed E-state index contributed by atoms with van der Waals surface area (Å²) in [6, 6.07) is 5.69. The summed E-state index contributed by atoms with van der Waals surface area (Å²) in [4.78, 5) is 0. The van der Waals surface area contributed by atoms with Gasteiger partial charge in [-0.3, -0.25) is 0 Å². The highest BCUT2D eigenvalue weighted by atomic mass is 35.5. The van der Waals surface area contributed by atoms with E-state index in [1.54, 1.807) is 0 Å². The molecule has 1 saturated carbocycles. The van der Waals surface area contributed by atoms with Crippen molar-refractivity contribution < 1.29 is 0 Å². The monoisotopic (exact) mass is 299 g/mol. The first kappa shape index (κ1) is 15.2. The second-order valence-electron chi connectivity index (χ2n) is 5.63. The molecule has 0 atom stereocenters. The van der Waals surface area contributed by atoms with E-state index in [-0.39, 0.29) is 0 Å². The van der Waals surface area contributed by atoms with Crippen LogP contribution < -0.4 is 5.32 Å². The first-order valence-electron chi connectivity index (χ1n) is 7.34. The predicted octanol–water partition coefficient (Wildman–Crippen LogP) is 5.30. The van der Waals surface area contributed by atoms with Gasteiger partial charge in [0.05, 0.1) is 0 Å². The number of nitrogens with one attached hydrogen (secondary N) is 1. The van der Waals surface area contributed by atoms with Gasteiger partial charge in [-0.2, -0.15) is 0 Å². The quantitative estimate of drug-likeness (QED) is 0.778. The van der Waals surface area contributed by atoms with Gasteiger partial charge in [0.25, 0.3) is 0 Å². The van der Waals surface area contributed by atoms with Crippen LogP contribution in [0.3, 0.4) is 0 Å². The standard InChI is InChI=1S/C16H23Cl2N/c1-2-12-6-8-13(9-7-12)10-19-11-14-15(17)4-3-5-16(14)18/h3-5,12-13,19H,2,6-11H2,1H3. The second-order valence-corrected chi connectivity index (χ2v) is 6.44. The Morgan fingerprint density at radius 2 is 1.63 bits per heavy atom. The zero-order chi connectivity index (χ0) is 13.7. The third-order valence-corrected chi connectivity index (χ3v) is 5.05. The molecule has 1 aromatic carbocycles. The molecule has 0 radical (unpaired) electrons. The summed E-state index contributed by atoms with van der Waals surface area (Å²) >= 11 is 12.3. The van der Waals surface area contributed by atoms with Crippen molar-refractivity contribution in [3.05, 3.63) is 33.8 Å². The Morgan fingerprint density at radius 3 is 2.21 bits per heavy atom. The highest BCUT2D eigenvalue weighted by Crippen LogP contribution is 2.30. The van der Waals surface area contributed by atoms with Crippen molar-refractivity contribution in [1.29, 1.82) is 0 Å². The van der Waals surface area contributed by atoms with Crippen LogP contribution in [0.15, 0.2) is 18.2 Å². The second kappa shape index (κ2) is 7.52. The lowest BCUT2D eigenvalue weighted by Crippen LogP contribution is -2.26. The minimum atomic E-state index is 0.759. The van der Waals surface area contributed by atoms with Gasteiger partial charge < -0.3 is 5.32 Å². The Hall–Kier alpha value is -0.240. The number of rotatable bonds is 5. The van der Waals surface area contributed by atoms with Crippen LogP contribution >= 0.6 is 23.2 Å². The zero-order valence-corrected chi connectivity index (χ0v) is 13.1. The van der Waals surface area contributed by atoms with Crippen molar-refractivity contribution in [3.63, 3.8) is 0 Å². The van der Waals surface area contributed by atoms with E-state index in [0.717, 1.165) is 40.5 Å². The van der Waals surface area contributed by atoms with Crippen LogP contribution in [-0.4, -0.2) is 6.54 Å². The summed E-state index contributed by atoms with van der Waals surface area (Å²) in [7, 11) is 0. The normalized spacial score (nSPS) is 23.5. The van der Waals surface area contributed by atoms with Crippen molar-refractivity contribution in [3.8, 4) is 0 Å². The Balaban J connectivity index is 1.75. The summed E-state index contributed by atoms with van der Waals surface area (Å²) in [5, 5.41) is 5.03. The third kappa shape index (κ3) is 4.37. The lowest BCUT2D eigenvalue weighted by Gasteiger charge is -2.28. The summed E-state index contributed by atoms with van der Waals surface area (Å²) < 4.78 is 0. The molecule has 19 heavy (non-hydrogen) atoms. The number of benzene rings is 1. The molecule has 1 aromatic rings. The van der Waals surface area contributed by atoms with Gasteiger partial charge >= 0.3 is 0 Å². The SMILES string of the molecule is CCC1CCC(CNCc2c(Cl)cccc2Cl)CC1. The molecule has 0 amide bonds. The van der Waals surface area contributed by atoms with E-state index in [0.29, 0.717) is 0 Å². The maximum absolute atomic E-state index is 6.16. The first-order chi connectivity index (χ1) is 9.20. The number of hydrogen-bond donors (Lipinski definition) is 1. The van der Waals surface area contributed by atoms with Crippen LogP contribution in [0, 0.1) is 11.8 Å². The van der Waals surface area contributed by atoms with Crippen LogP contribution in [-0.2, 0) is 6.54 Å². The molecule has 0 saturated heterocycles. The van der Waals surface area contributed by atoms with E-state index in [2.05, 4.69) is 12.2 Å². The van der Waals surface area contributed by atoms with Gasteiger partial charge in [-0.15, -0.1) is 0 Å². The van der Waals surface area contributed by atoms with E-state index >= 15 is 0 Å². The molecule has 2 rings (SSSR count). The van der Waals surface area contributed by atoms with Crippen molar-refractivity contribution in [2.75, 3.05) is 6.54 Å². The van der Waals surface area contributed by atoms with Crippen LogP contribution in [0.1, 0.15) is 44.6 Å². The summed E-state index contributed by atoms with van der Waals surface area (Å²) in [6.07, 6.45) is 6.87. The van der Waals surface area contributed by atoms with Crippen molar-refractivity contribution in [2.24, 2.45) is 11.8 Å². The van der Waals surface area contributed by atoms with E-state index in [9.17, 15) is 0 Å². The van der Waals surface area contributed by atoms with Gasteiger partial charge in [0.15, 0.2) is 0 Å². The molecule has 106 valence electrons. The van der Waals surface area contributed by atoms with Crippen molar-refractivity contribution in [1.82, 2.24) is 5.32 Å². The lowest BCUT2D eigenvalue weighted by atomic mass is 9.81. The molecule has 0 aliphatic heterocycles. The highest BCUT2D eigenvalue weighted by molar-refractivity contribution is 6.35. The van der Waals surface area contributed by atoms with Gasteiger partial charge in [-0.1, -0.05) is 55.5 Å². The van der Waals surface area contributed by atoms with E-state index in [1.165, 1.54) is 32.1 Å². The third-order valence-electron chi connectivity index (χ3n) is 4.34. The molecule has 1 aliphatic rings. The predicted molar refractivity (Wildman–Crippen MR) is 83.9 cm³/mol. The minimum absolute atomic E-state index is 0.759. The van der Waals surface area contributed by atoms with Gasteiger partial charge in [0, 0.05) is 22.2 Å². The fourth-order valence-electron chi connectivity index (χ4n) is 2.95. The Morgan fingerprint density at radius 1 is 1.05 bits per heavy atom. The Labute approximate surface area is 126 Å². The van der Waals surface area contributed by atoms with Gasteiger partial charge in [0.2, 0.25) is 0 Å². The number of halogens is 2. The maximum atomic E-state index is 6.16. The fraction of sp³-hybridized carbons (Fsp3) is 0.625. The average molecular weight is 300 g/mol. The summed E-state index contributed by atoms with van der Waals surface area (Å²) in [5.74, 6) is 1.79. The summed E-state index contributed by atoms with van der Waals surface area (Å²) in [5.41, 5.74) is 1.02. The molecular formula is C16H23Cl2N. The van der Waals surface area contributed by atoms with Gasteiger partial charge in [0.1, 0.15) is 0 Å². The van der Waals surface area contributed by atoms with Crippen LogP contribution in [0.4, 0.5) is 0 Å².